The van der Waals surface area contributed by atoms with E-state index in [0.29, 0.717) is 24.1 Å². The number of hydrogen-bond donors (Lipinski definition) is 1. The molecule has 5 nitrogen and oxygen atoms in total. The minimum atomic E-state index is -4.65. The van der Waals surface area contributed by atoms with E-state index in [1.54, 1.807) is 6.07 Å². The first-order chi connectivity index (χ1) is 12.2. The minimum absolute atomic E-state index is 0.0180. The number of benzene rings is 1. The SMILES string of the molecule is Cc1cccc([C@H]2C3=C(C[C@H](C)CC3=O)Nc3nc(C(F)(F)F)nn32)c1. The number of carbonyl (C=O) groups is 1. The molecular formula is C18H17F3N4O. The van der Waals surface area contributed by atoms with Crippen LogP contribution in [0.5, 0.6) is 0 Å². The summed E-state index contributed by atoms with van der Waals surface area (Å²) in [5.41, 5.74) is 2.81. The van der Waals surface area contributed by atoms with Gasteiger partial charge in [0.15, 0.2) is 5.78 Å². The van der Waals surface area contributed by atoms with Gasteiger partial charge in [0.1, 0.15) is 6.04 Å². The van der Waals surface area contributed by atoms with Crippen LogP contribution in [-0.4, -0.2) is 20.5 Å². The van der Waals surface area contributed by atoms with Crippen LogP contribution in [0.1, 0.15) is 42.8 Å². The van der Waals surface area contributed by atoms with Crippen molar-refractivity contribution < 1.29 is 18.0 Å². The Morgan fingerprint density at radius 2 is 2.04 bits per heavy atom. The van der Waals surface area contributed by atoms with Crippen LogP contribution >= 0.6 is 0 Å². The third kappa shape index (κ3) is 2.69. The molecule has 136 valence electrons. The third-order valence-corrected chi connectivity index (χ3v) is 4.74. The third-order valence-electron chi connectivity index (χ3n) is 4.74. The highest BCUT2D eigenvalue weighted by molar-refractivity contribution is 5.99. The molecule has 2 aliphatic rings. The molecule has 4 rings (SSSR count). The predicted octanol–water partition coefficient (Wildman–Crippen LogP) is 3.87. The summed E-state index contributed by atoms with van der Waals surface area (Å²) >= 11 is 0. The topological polar surface area (TPSA) is 59.8 Å². The van der Waals surface area contributed by atoms with Crippen LogP contribution in [0.3, 0.4) is 0 Å². The molecular weight excluding hydrogens is 345 g/mol. The van der Waals surface area contributed by atoms with Crippen molar-refractivity contribution in [2.45, 2.75) is 38.9 Å². The number of fused-ring (bicyclic) bond motifs is 1. The molecule has 0 bridgehead atoms. The summed E-state index contributed by atoms with van der Waals surface area (Å²) < 4.78 is 40.6. The van der Waals surface area contributed by atoms with Gasteiger partial charge in [-0.15, -0.1) is 5.10 Å². The highest BCUT2D eigenvalue weighted by Gasteiger charge is 2.42. The zero-order chi connectivity index (χ0) is 18.6. The van der Waals surface area contributed by atoms with Gasteiger partial charge in [-0.3, -0.25) is 4.79 Å². The number of allylic oxidation sites excluding steroid dienone is 2. The lowest BCUT2D eigenvalue weighted by Gasteiger charge is -2.34. The Balaban J connectivity index is 1.92. The summed E-state index contributed by atoms with van der Waals surface area (Å²) in [6, 6.07) is 6.69. The number of alkyl halides is 3. The van der Waals surface area contributed by atoms with Gasteiger partial charge in [0, 0.05) is 17.7 Å². The van der Waals surface area contributed by atoms with Crippen molar-refractivity contribution >= 4 is 11.7 Å². The Morgan fingerprint density at radius 3 is 2.73 bits per heavy atom. The lowest BCUT2D eigenvalue weighted by atomic mass is 9.81. The molecule has 1 aromatic heterocycles. The molecule has 0 saturated heterocycles. The molecule has 1 aliphatic heterocycles. The number of ketones is 1. The van der Waals surface area contributed by atoms with Crippen molar-refractivity contribution in [3.63, 3.8) is 0 Å². The molecule has 26 heavy (non-hydrogen) atoms. The Hall–Kier alpha value is -2.64. The number of nitrogens with one attached hydrogen (secondary N) is 1. The van der Waals surface area contributed by atoms with Gasteiger partial charge < -0.3 is 5.32 Å². The lowest BCUT2D eigenvalue weighted by Crippen LogP contribution is -2.33. The Labute approximate surface area is 147 Å². The maximum atomic E-state index is 13.1. The fourth-order valence-electron chi connectivity index (χ4n) is 3.68. The predicted molar refractivity (Wildman–Crippen MR) is 88.4 cm³/mol. The van der Waals surface area contributed by atoms with Crippen molar-refractivity contribution in [3.05, 3.63) is 52.5 Å². The molecule has 2 aromatic rings. The highest BCUT2D eigenvalue weighted by atomic mass is 19.4. The number of carbonyl (C=O) groups excluding carboxylic acids is 1. The van der Waals surface area contributed by atoms with Crippen LogP contribution in [0.4, 0.5) is 19.1 Å². The second kappa shape index (κ2) is 5.69. The van der Waals surface area contributed by atoms with E-state index in [4.69, 9.17) is 0 Å². The fraction of sp³-hybridized carbons (Fsp3) is 0.389. The summed E-state index contributed by atoms with van der Waals surface area (Å²) in [7, 11) is 0. The van der Waals surface area contributed by atoms with Crippen molar-refractivity contribution in [1.29, 1.82) is 0 Å². The smallest absolute Gasteiger partial charge is 0.328 e. The maximum Gasteiger partial charge on any atom is 0.453 e. The molecule has 1 N–H and O–H groups in total. The number of aromatic nitrogens is 3. The Morgan fingerprint density at radius 1 is 1.27 bits per heavy atom. The average molecular weight is 362 g/mol. The summed E-state index contributed by atoms with van der Waals surface area (Å²) in [5, 5.41) is 6.60. The fourth-order valence-corrected chi connectivity index (χ4v) is 3.68. The molecule has 0 spiro atoms. The summed E-state index contributed by atoms with van der Waals surface area (Å²) in [5.74, 6) is -1.13. The number of halogens is 3. The maximum absolute atomic E-state index is 13.1. The first-order valence-corrected chi connectivity index (χ1v) is 8.37. The van der Waals surface area contributed by atoms with E-state index < -0.39 is 18.0 Å². The van der Waals surface area contributed by atoms with Crippen LogP contribution < -0.4 is 5.32 Å². The van der Waals surface area contributed by atoms with Gasteiger partial charge in [0.25, 0.3) is 5.82 Å². The zero-order valence-electron chi connectivity index (χ0n) is 14.3. The van der Waals surface area contributed by atoms with Crippen LogP contribution in [0.2, 0.25) is 0 Å². The molecule has 0 saturated carbocycles. The molecule has 0 unspecified atom stereocenters. The molecule has 0 radical (unpaired) electrons. The van der Waals surface area contributed by atoms with Crippen LogP contribution in [0.15, 0.2) is 35.5 Å². The van der Waals surface area contributed by atoms with E-state index >= 15 is 0 Å². The van der Waals surface area contributed by atoms with Gasteiger partial charge in [0.05, 0.1) is 0 Å². The largest absolute Gasteiger partial charge is 0.453 e. The van der Waals surface area contributed by atoms with Gasteiger partial charge in [-0.1, -0.05) is 36.8 Å². The highest BCUT2D eigenvalue weighted by Crippen LogP contribution is 2.42. The van der Waals surface area contributed by atoms with Gasteiger partial charge in [-0.2, -0.15) is 18.2 Å². The lowest BCUT2D eigenvalue weighted by molar-refractivity contribution is -0.145. The zero-order valence-corrected chi connectivity index (χ0v) is 14.3. The summed E-state index contributed by atoms with van der Waals surface area (Å²) in [4.78, 5) is 16.4. The van der Waals surface area contributed by atoms with E-state index in [-0.39, 0.29) is 17.6 Å². The molecule has 0 fully saturated rings. The molecule has 2 atom stereocenters. The number of aryl methyl sites for hydroxylation is 1. The van der Waals surface area contributed by atoms with Crippen LogP contribution in [0.25, 0.3) is 0 Å². The molecule has 2 heterocycles. The van der Waals surface area contributed by atoms with E-state index in [1.807, 2.05) is 32.0 Å². The van der Waals surface area contributed by atoms with Crippen molar-refractivity contribution in [1.82, 2.24) is 14.8 Å². The Bertz CT molecular complexity index is 929. The first kappa shape index (κ1) is 16.8. The monoisotopic (exact) mass is 362 g/mol. The number of hydrogen-bond acceptors (Lipinski definition) is 4. The molecule has 0 amide bonds. The molecule has 8 heteroatoms. The minimum Gasteiger partial charge on any atom is -0.328 e. The molecule has 1 aromatic carbocycles. The van der Waals surface area contributed by atoms with Crippen molar-refractivity contribution in [3.8, 4) is 0 Å². The number of nitrogens with zero attached hydrogens (tertiary/aromatic N) is 3. The first-order valence-electron chi connectivity index (χ1n) is 8.37. The number of Topliss-reactive ketones (excluding diaryl/α,β-unsaturated/α-hetero) is 1. The van der Waals surface area contributed by atoms with Gasteiger partial charge >= 0.3 is 6.18 Å². The second-order valence-electron chi connectivity index (χ2n) is 6.97. The van der Waals surface area contributed by atoms with E-state index in [9.17, 15) is 18.0 Å². The van der Waals surface area contributed by atoms with E-state index in [2.05, 4.69) is 15.4 Å². The average Bonchev–Trinajstić information content (AvgIpc) is 2.96. The van der Waals surface area contributed by atoms with Gasteiger partial charge in [0.2, 0.25) is 5.95 Å². The van der Waals surface area contributed by atoms with Gasteiger partial charge in [-0.25, -0.2) is 4.68 Å². The summed E-state index contributed by atoms with van der Waals surface area (Å²) in [6.07, 6.45) is -3.68. The summed E-state index contributed by atoms with van der Waals surface area (Å²) in [6.45, 7) is 3.85. The van der Waals surface area contributed by atoms with E-state index in [0.717, 1.165) is 11.1 Å². The second-order valence-corrected chi connectivity index (χ2v) is 6.97. The van der Waals surface area contributed by atoms with E-state index in [1.165, 1.54) is 4.68 Å². The van der Waals surface area contributed by atoms with Crippen LogP contribution in [-0.2, 0) is 11.0 Å². The van der Waals surface area contributed by atoms with Crippen LogP contribution in [0, 0.1) is 12.8 Å². The molecule has 1 aliphatic carbocycles. The van der Waals surface area contributed by atoms with Crippen molar-refractivity contribution in [2.75, 3.05) is 5.32 Å². The Kier molecular flexibility index (Phi) is 3.68. The number of rotatable bonds is 1. The van der Waals surface area contributed by atoms with Crippen molar-refractivity contribution in [2.24, 2.45) is 5.92 Å². The standard InChI is InChI=1S/C18H17F3N4O/c1-9-4-3-5-11(6-9)15-14-12(7-10(2)8-13(14)26)22-17-23-16(18(19,20)21)24-25(15)17/h3-6,10,15H,7-8H2,1-2H3,(H,22,23,24)/t10-,15-/m0/s1. The normalized spacial score (nSPS) is 22.7. The quantitative estimate of drug-likeness (QED) is 0.837. The van der Waals surface area contributed by atoms with Gasteiger partial charge in [-0.05, 0) is 24.8 Å². The number of anilines is 1.